The molecule has 0 radical (unpaired) electrons. The van der Waals surface area contributed by atoms with Crippen molar-refractivity contribution in [1.82, 2.24) is 0 Å². The van der Waals surface area contributed by atoms with E-state index in [1.165, 1.54) is 0 Å². The van der Waals surface area contributed by atoms with E-state index in [1.807, 2.05) is 13.8 Å². The average molecular weight is 351 g/mol. The van der Waals surface area contributed by atoms with Gasteiger partial charge in [0.2, 0.25) is 5.24 Å². The maximum absolute atomic E-state index is 11.2. The first-order valence-electron chi connectivity index (χ1n) is 7.71. The van der Waals surface area contributed by atoms with Crippen molar-refractivity contribution < 1.29 is 18.8 Å². The van der Waals surface area contributed by atoms with Crippen LogP contribution in [-0.4, -0.2) is 36.5 Å². The Labute approximate surface area is 140 Å². The lowest BCUT2D eigenvalue weighted by Gasteiger charge is -2.20. The predicted octanol–water partition coefficient (Wildman–Crippen LogP) is 4.12. The molecule has 128 valence electrons. The maximum atomic E-state index is 11.2. The fourth-order valence-corrected chi connectivity index (χ4v) is 3.34. The summed E-state index contributed by atoms with van der Waals surface area (Å²) in [6, 6.07) is 0. The van der Waals surface area contributed by atoms with Gasteiger partial charge in [-0.2, -0.15) is 0 Å². The summed E-state index contributed by atoms with van der Waals surface area (Å²) in [5.74, 6) is 0.0930. The second-order valence-electron chi connectivity index (χ2n) is 6.38. The Morgan fingerprint density at radius 3 is 2.68 bits per heavy atom. The summed E-state index contributed by atoms with van der Waals surface area (Å²) in [6.45, 7) is 8.03. The lowest BCUT2D eigenvalue weighted by molar-refractivity contribution is -0.149. The first-order chi connectivity index (χ1) is 10.2. The Hall–Kier alpha value is 0.01000. The van der Waals surface area contributed by atoms with E-state index in [1.54, 1.807) is 7.11 Å². The van der Waals surface area contributed by atoms with E-state index in [-0.39, 0.29) is 29.8 Å². The number of halogens is 1. The lowest BCUT2D eigenvalue weighted by atomic mass is 9.96. The minimum atomic E-state index is -0.670. The summed E-state index contributed by atoms with van der Waals surface area (Å²) in [7, 11) is 2.30. The van der Waals surface area contributed by atoms with Crippen molar-refractivity contribution in [3.05, 3.63) is 12.2 Å². The van der Waals surface area contributed by atoms with Gasteiger partial charge in [-0.3, -0.25) is 4.79 Å². The fraction of sp³-hybridized carbons (Fsp3) is 0.812. The molecule has 1 fully saturated rings. The second-order valence-corrected chi connectivity index (χ2v) is 7.91. The Morgan fingerprint density at radius 2 is 2.09 bits per heavy atom. The number of hydrogen-bond acceptors (Lipinski definition) is 4. The van der Waals surface area contributed by atoms with E-state index in [9.17, 15) is 4.79 Å². The highest BCUT2D eigenvalue weighted by Gasteiger charge is 2.43. The molecule has 4 nitrogen and oxygen atoms in total. The van der Waals surface area contributed by atoms with Gasteiger partial charge in [0, 0.05) is 21.8 Å². The monoisotopic (exact) mass is 350 g/mol. The summed E-state index contributed by atoms with van der Waals surface area (Å²) in [5, 5.41) is -0.387. The standard InChI is InChI=1S/C16H28ClO4P/c1-11(10-22-19-5)7-6-8-12(2)15-13(9-14(17)18)20-16(3,4)21-15/h6,8,11-13,15,22H,7,9-10H2,1-5H3/b8-6-/t11-,12?,13+,15-/m1/s1. The van der Waals surface area contributed by atoms with E-state index in [0.29, 0.717) is 14.7 Å². The summed E-state index contributed by atoms with van der Waals surface area (Å²) < 4.78 is 16.9. The van der Waals surface area contributed by atoms with Crippen LogP contribution >= 0.6 is 20.4 Å². The van der Waals surface area contributed by atoms with Crippen LogP contribution < -0.4 is 0 Å². The van der Waals surface area contributed by atoms with Crippen molar-refractivity contribution in [3.8, 4) is 0 Å². The van der Waals surface area contributed by atoms with Crippen molar-refractivity contribution in [3.63, 3.8) is 0 Å². The second kappa shape index (κ2) is 9.34. The molecule has 1 aliphatic heterocycles. The molecule has 22 heavy (non-hydrogen) atoms. The third-order valence-electron chi connectivity index (χ3n) is 3.66. The van der Waals surface area contributed by atoms with Crippen LogP contribution in [0.3, 0.4) is 0 Å². The Morgan fingerprint density at radius 1 is 1.41 bits per heavy atom. The van der Waals surface area contributed by atoms with Crippen LogP contribution in [0.15, 0.2) is 12.2 Å². The first-order valence-corrected chi connectivity index (χ1v) is 9.21. The average Bonchev–Trinajstić information content (AvgIpc) is 2.70. The van der Waals surface area contributed by atoms with Gasteiger partial charge in [-0.15, -0.1) is 0 Å². The number of carbonyl (C=O) groups is 1. The van der Waals surface area contributed by atoms with Gasteiger partial charge < -0.3 is 14.0 Å². The fourth-order valence-electron chi connectivity index (χ4n) is 2.57. The minimum Gasteiger partial charge on any atom is -0.366 e. The summed E-state index contributed by atoms with van der Waals surface area (Å²) in [5.41, 5.74) is 0. The molecular weight excluding hydrogens is 323 g/mol. The lowest BCUT2D eigenvalue weighted by Crippen LogP contribution is -2.29. The number of ether oxygens (including phenoxy) is 2. The van der Waals surface area contributed by atoms with Gasteiger partial charge in [-0.25, -0.2) is 0 Å². The van der Waals surface area contributed by atoms with Crippen LogP contribution in [0.4, 0.5) is 0 Å². The van der Waals surface area contributed by atoms with Crippen LogP contribution in [0.5, 0.6) is 0 Å². The van der Waals surface area contributed by atoms with Crippen molar-refractivity contribution in [2.45, 2.75) is 58.5 Å². The Kier molecular flexibility index (Phi) is 8.52. The molecule has 0 aromatic heterocycles. The molecule has 0 amide bonds. The Balaban J connectivity index is 2.54. The SMILES string of the molecule is COPC[C@H](C)C/C=C\C(C)[C@H]1OC(C)(C)O[C@H]1CC(=O)Cl. The molecule has 0 spiro atoms. The number of hydrogen-bond donors (Lipinski definition) is 0. The van der Waals surface area contributed by atoms with E-state index >= 15 is 0 Å². The van der Waals surface area contributed by atoms with E-state index in [2.05, 4.69) is 26.0 Å². The van der Waals surface area contributed by atoms with Gasteiger partial charge in [0.15, 0.2) is 5.79 Å². The van der Waals surface area contributed by atoms with Crippen LogP contribution in [0, 0.1) is 11.8 Å². The van der Waals surface area contributed by atoms with Crippen LogP contribution in [0.2, 0.25) is 0 Å². The number of allylic oxidation sites excluding steroid dienone is 1. The molecule has 1 saturated heterocycles. The van der Waals surface area contributed by atoms with Gasteiger partial charge in [0.25, 0.3) is 0 Å². The van der Waals surface area contributed by atoms with Crippen LogP contribution in [0.25, 0.3) is 0 Å². The molecule has 1 aliphatic rings. The van der Waals surface area contributed by atoms with Crippen molar-refractivity contribution in [2.24, 2.45) is 11.8 Å². The maximum Gasteiger partial charge on any atom is 0.224 e. The smallest absolute Gasteiger partial charge is 0.224 e. The normalized spacial score (nSPS) is 27.7. The van der Waals surface area contributed by atoms with Gasteiger partial charge >= 0.3 is 0 Å². The molecule has 6 heteroatoms. The predicted molar refractivity (Wildman–Crippen MR) is 91.6 cm³/mol. The summed E-state index contributed by atoms with van der Waals surface area (Å²) in [4.78, 5) is 11.2. The molecular formula is C16H28ClO4P. The van der Waals surface area contributed by atoms with Gasteiger partial charge in [-0.05, 0) is 43.9 Å². The molecule has 0 N–H and O–H groups in total. The number of rotatable bonds is 9. The zero-order valence-corrected chi connectivity index (χ0v) is 15.9. The van der Waals surface area contributed by atoms with Crippen molar-refractivity contribution in [2.75, 3.05) is 13.3 Å². The topological polar surface area (TPSA) is 44.8 Å². The highest BCUT2D eigenvalue weighted by Crippen LogP contribution is 2.34. The molecule has 1 rings (SSSR count). The summed E-state index contributed by atoms with van der Waals surface area (Å²) in [6.07, 6.45) is 6.17. The quantitative estimate of drug-likeness (QED) is 0.356. The molecule has 0 saturated carbocycles. The van der Waals surface area contributed by atoms with Crippen LogP contribution in [0.1, 0.15) is 40.5 Å². The first kappa shape index (κ1) is 20.1. The third kappa shape index (κ3) is 7.06. The van der Waals surface area contributed by atoms with Gasteiger partial charge in [0.1, 0.15) is 0 Å². The highest BCUT2D eigenvalue weighted by atomic mass is 35.5. The van der Waals surface area contributed by atoms with Crippen LogP contribution in [-0.2, 0) is 18.8 Å². The molecule has 2 unspecified atom stereocenters. The number of carbonyl (C=O) groups excluding carboxylic acids is 1. The molecule has 5 atom stereocenters. The third-order valence-corrected chi connectivity index (χ3v) is 4.96. The largest absolute Gasteiger partial charge is 0.366 e. The molecule has 0 aliphatic carbocycles. The van der Waals surface area contributed by atoms with E-state index in [0.717, 1.165) is 12.6 Å². The van der Waals surface area contributed by atoms with Gasteiger partial charge in [-0.1, -0.05) is 26.0 Å². The van der Waals surface area contributed by atoms with E-state index < -0.39 is 5.79 Å². The van der Waals surface area contributed by atoms with E-state index in [4.69, 9.17) is 25.6 Å². The molecule has 0 bridgehead atoms. The van der Waals surface area contributed by atoms with Gasteiger partial charge in [0.05, 0.1) is 18.6 Å². The minimum absolute atomic E-state index is 0.148. The molecule has 0 aromatic carbocycles. The molecule has 1 heterocycles. The van der Waals surface area contributed by atoms with Crippen molar-refractivity contribution in [1.29, 1.82) is 0 Å². The molecule has 0 aromatic rings. The van der Waals surface area contributed by atoms with Crippen molar-refractivity contribution >= 4 is 25.7 Å². The zero-order valence-electron chi connectivity index (χ0n) is 14.1. The highest BCUT2D eigenvalue weighted by molar-refractivity contribution is 7.32. The Bertz CT molecular complexity index is 386. The zero-order chi connectivity index (χ0) is 16.8. The summed E-state index contributed by atoms with van der Waals surface area (Å²) >= 11 is 5.51.